The van der Waals surface area contributed by atoms with Gasteiger partial charge in [0.25, 0.3) is 0 Å². The van der Waals surface area contributed by atoms with Crippen LogP contribution in [0.1, 0.15) is 18.4 Å². The van der Waals surface area contributed by atoms with Crippen molar-refractivity contribution < 1.29 is 8.78 Å². The molecule has 1 fully saturated rings. The highest BCUT2D eigenvalue weighted by Gasteiger charge is 2.36. The summed E-state index contributed by atoms with van der Waals surface area (Å²) in [5, 5.41) is 3.28. The van der Waals surface area contributed by atoms with Crippen molar-refractivity contribution in [3.8, 4) is 0 Å². The Morgan fingerprint density at radius 2 is 1.59 bits per heavy atom. The Hall–Kier alpha value is -1.00. The number of piperidine rings is 1. The minimum Gasteiger partial charge on any atom is -0.317 e. The van der Waals surface area contributed by atoms with Crippen LogP contribution in [0.25, 0.3) is 0 Å². The SMILES string of the molecule is CN(C)C1(c2cc(F)cc(F)c2)CCNCC1. The summed E-state index contributed by atoms with van der Waals surface area (Å²) in [6.07, 6.45) is 1.73. The monoisotopic (exact) mass is 240 g/mol. The lowest BCUT2D eigenvalue weighted by molar-refractivity contribution is 0.106. The number of nitrogens with zero attached hydrogens (tertiary/aromatic N) is 1. The summed E-state index contributed by atoms with van der Waals surface area (Å²) in [6.45, 7) is 1.74. The first-order chi connectivity index (χ1) is 8.04. The third-order valence-corrected chi connectivity index (χ3v) is 3.69. The number of benzene rings is 1. The van der Waals surface area contributed by atoms with E-state index in [2.05, 4.69) is 10.2 Å². The predicted molar refractivity (Wildman–Crippen MR) is 63.8 cm³/mol. The van der Waals surface area contributed by atoms with Gasteiger partial charge in [-0.05, 0) is 57.7 Å². The number of nitrogens with one attached hydrogen (secondary N) is 1. The second kappa shape index (κ2) is 4.70. The molecule has 1 saturated heterocycles. The average molecular weight is 240 g/mol. The van der Waals surface area contributed by atoms with Crippen molar-refractivity contribution in [2.24, 2.45) is 0 Å². The summed E-state index contributed by atoms with van der Waals surface area (Å²) in [4.78, 5) is 2.07. The fourth-order valence-corrected chi connectivity index (χ4v) is 2.66. The third-order valence-electron chi connectivity index (χ3n) is 3.69. The highest BCUT2D eigenvalue weighted by Crippen LogP contribution is 2.35. The van der Waals surface area contributed by atoms with Crippen LogP contribution in [-0.2, 0) is 5.54 Å². The number of hydrogen-bond acceptors (Lipinski definition) is 2. The van der Waals surface area contributed by atoms with Gasteiger partial charge in [0.15, 0.2) is 0 Å². The first-order valence-electron chi connectivity index (χ1n) is 5.89. The summed E-state index contributed by atoms with van der Waals surface area (Å²) in [5.74, 6) is -1.00. The molecule has 1 aliphatic rings. The molecule has 0 spiro atoms. The van der Waals surface area contributed by atoms with E-state index in [0.717, 1.165) is 37.6 Å². The lowest BCUT2D eigenvalue weighted by atomic mass is 9.80. The van der Waals surface area contributed by atoms with Crippen LogP contribution in [0.2, 0.25) is 0 Å². The molecule has 0 aromatic heterocycles. The molecule has 0 atom stereocenters. The van der Waals surface area contributed by atoms with Gasteiger partial charge in [-0.25, -0.2) is 8.78 Å². The van der Waals surface area contributed by atoms with E-state index in [1.165, 1.54) is 12.1 Å². The molecule has 0 unspecified atom stereocenters. The first kappa shape index (κ1) is 12.5. The van der Waals surface area contributed by atoms with Gasteiger partial charge in [-0.15, -0.1) is 0 Å². The molecule has 94 valence electrons. The Labute approximate surface area is 101 Å². The van der Waals surface area contributed by atoms with Crippen LogP contribution in [-0.4, -0.2) is 32.1 Å². The molecule has 2 rings (SSSR count). The van der Waals surface area contributed by atoms with E-state index in [1.807, 2.05) is 14.1 Å². The predicted octanol–water partition coefficient (Wildman–Crippen LogP) is 2.11. The molecule has 4 heteroatoms. The normalized spacial score (nSPS) is 19.6. The van der Waals surface area contributed by atoms with Crippen LogP contribution in [0.5, 0.6) is 0 Å². The quantitative estimate of drug-likeness (QED) is 0.851. The van der Waals surface area contributed by atoms with Gasteiger partial charge in [0.2, 0.25) is 0 Å². The maximum absolute atomic E-state index is 13.3. The van der Waals surface area contributed by atoms with E-state index in [-0.39, 0.29) is 5.54 Å². The molecule has 0 saturated carbocycles. The van der Waals surface area contributed by atoms with Gasteiger partial charge in [0, 0.05) is 11.6 Å². The highest BCUT2D eigenvalue weighted by atomic mass is 19.1. The van der Waals surface area contributed by atoms with E-state index in [4.69, 9.17) is 0 Å². The molecule has 2 nitrogen and oxygen atoms in total. The van der Waals surface area contributed by atoms with Crippen molar-refractivity contribution >= 4 is 0 Å². The van der Waals surface area contributed by atoms with Gasteiger partial charge in [-0.2, -0.15) is 0 Å². The molecular weight excluding hydrogens is 222 g/mol. The molecule has 1 aromatic rings. The van der Waals surface area contributed by atoms with Crippen LogP contribution in [0, 0.1) is 11.6 Å². The Morgan fingerprint density at radius 3 is 2.06 bits per heavy atom. The summed E-state index contributed by atoms with van der Waals surface area (Å²) in [6, 6.07) is 3.83. The third kappa shape index (κ3) is 2.33. The number of rotatable bonds is 2. The molecule has 0 radical (unpaired) electrons. The molecule has 0 amide bonds. The van der Waals surface area contributed by atoms with Crippen molar-refractivity contribution in [3.63, 3.8) is 0 Å². The van der Waals surface area contributed by atoms with Crippen LogP contribution in [0.15, 0.2) is 18.2 Å². The summed E-state index contributed by atoms with van der Waals surface area (Å²) >= 11 is 0. The maximum atomic E-state index is 13.3. The molecule has 1 aliphatic heterocycles. The van der Waals surface area contributed by atoms with E-state index in [1.54, 1.807) is 0 Å². The van der Waals surface area contributed by atoms with Gasteiger partial charge in [-0.3, -0.25) is 4.90 Å². The first-order valence-corrected chi connectivity index (χ1v) is 5.89. The molecule has 0 aliphatic carbocycles. The fourth-order valence-electron chi connectivity index (χ4n) is 2.66. The van der Waals surface area contributed by atoms with E-state index >= 15 is 0 Å². The van der Waals surface area contributed by atoms with Crippen LogP contribution in [0.4, 0.5) is 8.78 Å². The van der Waals surface area contributed by atoms with Gasteiger partial charge >= 0.3 is 0 Å². The summed E-state index contributed by atoms with van der Waals surface area (Å²) in [7, 11) is 3.93. The standard InChI is InChI=1S/C13H18F2N2/c1-17(2)13(3-5-16-6-4-13)10-7-11(14)9-12(15)8-10/h7-9,16H,3-6H2,1-2H3. The maximum Gasteiger partial charge on any atom is 0.126 e. The van der Waals surface area contributed by atoms with Gasteiger partial charge in [-0.1, -0.05) is 0 Å². The molecule has 1 aromatic carbocycles. The largest absolute Gasteiger partial charge is 0.317 e. The van der Waals surface area contributed by atoms with E-state index in [0.29, 0.717) is 0 Å². The summed E-state index contributed by atoms with van der Waals surface area (Å²) in [5.41, 5.74) is 0.482. The summed E-state index contributed by atoms with van der Waals surface area (Å²) < 4.78 is 26.7. The smallest absolute Gasteiger partial charge is 0.126 e. The van der Waals surface area contributed by atoms with Crippen LogP contribution in [0.3, 0.4) is 0 Å². The number of hydrogen-bond donors (Lipinski definition) is 1. The zero-order valence-corrected chi connectivity index (χ0v) is 10.3. The van der Waals surface area contributed by atoms with Crippen molar-refractivity contribution in [2.75, 3.05) is 27.2 Å². The van der Waals surface area contributed by atoms with Crippen molar-refractivity contribution in [1.82, 2.24) is 10.2 Å². The lowest BCUT2D eigenvalue weighted by Crippen LogP contribution is -2.49. The van der Waals surface area contributed by atoms with Gasteiger partial charge < -0.3 is 5.32 Å². The fraction of sp³-hybridized carbons (Fsp3) is 0.538. The van der Waals surface area contributed by atoms with Crippen molar-refractivity contribution in [3.05, 3.63) is 35.4 Å². The molecule has 1 heterocycles. The van der Waals surface area contributed by atoms with Gasteiger partial charge in [0.1, 0.15) is 11.6 Å². The van der Waals surface area contributed by atoms with Crippen molar-refractivity contribution in [1.29, 1.82) is 0 Å². The average Bonchev–Trinajstić information content (AvgIpc) is 2.28. The Balaban J connectivity index is 2.44. The Bertz CT molecular complexity index is 378. The van der Waals surface area contributed by atoms with Gasteiger partial charge in [0.05, 0.1) is 0 Å². The van der Waals surface area contributed by atoms with Crippen molar-refractivity contribution in [2.45, 2.75) is 18.4 Å². The second-order valence-corrected chi connectivity index (χ2v) is 4.83. The van der Waals surface area contributed by atoms with Crippen LogP contribution >= 0.6 is 0 Å². The van der Waals surface area contributed by atoms with E-state index < -0.39 is 11.6 Å². The lowest BCUT2D eigenvalue weighted by Gasteiger charge is -2.43. The minimum atomic E-state index is -0.500. The second-order valence-electron chi connectivity index (χ2n) is 4.83. The molecule has 0 bridgehead atoms. The zero-order valence-electron chi connectivity index (χ0n) is 10.3. The topological polar surface area (TPSA) is 15.3 Å². The molecular formula is C13H18F2N2. The number of halogens is 2. The van der Waals surface area contributed by atoms with E-state index in [9.17, 15) is 8.78 Å². The highest BCUT2D eigenvalue weighted by molar-refractivity contribution is 5.27. The Kier molecular flexibility index (Phi) is 3.45. The molecule has 17 heavy (non-hydrogen) atoms. The van der Waals surface area contributed by atoms with Crippen LogP contribution < -0.4 is 5.32 Å². The Morgan fingerprint density at radius 1 is 1.06 bits per heavy atom. The molecule has 1 N–H and O–H groups in total. The zero-order chi connectivity index (χ0) is 12.5. The minimum absolute atomic E-state index is 0.256.